The minimum Gasteiger partial charge on any atom is -0.497 e. The molecule has 0 atom stereocenters. The molecule has 0 aromatic heterocycles. The minimum absolute atomic E-state index is 0.121. The van der Waals surface area contributed by atoms with E-state index in [4.69, 9.17) is 9.47 Å². The van der Waals surface area contributed by atoms with Gasteiger partial charge in [0.2, 0.25) is 0 Å². The van der Waals surface area contributed by atoms with Gasteiger partial charge in [0.05, 0.1) is 25.6 Å². The molecule has 0 aliphatic carbocycles. The van der Waals surface area contributed by atoms with Gasteiger partial charge in [0.25, 0.3) is 0 Å². The number of benzene rings is 5. The lowest BCUT2D eigenvalue weighted by molar-refractivity contribution is 0.261. The van der Waals surface area contributed by atoms with Crippen LogP contribution in [0, 0.1) is 23.7 Å². The van der Waals surface area contributed by atoms with E-state index in [9.17, 15) is 9.59 Å². The summed E-state index contributed by atoms with van der Waals surface area (Å²) in [5.74, 6) is 14.5. The second kappa shape index (κ2) is 16.8. The lowest BCUT2D eigenvalue weighted by Crippen LogP contribution is -2.20. The molecule has 4 N–H and O–H groups in total. The first-order valence-electron chi connectivity index (χ1n) is 17.6. The summed E-state index contributed by atoms with van der Waals surface area (Å²) in [7, 11) is 3.19. The third-order valence-corrected chi connectivity index (χ3v) is 8.51. The molecular formula is C46H46N4O4. The van der Waals surface area contributed by atoms with Crippen LogP contribution in [0.5, 0.6) is 11.5 Å². The van der Waals surface area contributed by atoms with Gasteiger partial charge in [-0.15, -0.1) is 0 Å². The van der Waals surface area contributed by atoms with Crippen molar-refractivity contribution in [3.05, 3.63) is 143 Å². The normalized spacial score (nSPS) is 10.8. The number of hydrogen-bond donors (Lipinski definition) is 4. The van der Waals surface area contributed by atoms with Crippen molar-refractivity contribution in [1.82, 2.24) is 0 Å². The molecule has 0 bridgehead atoms. The topological polar surface area (TPSA) is 101 Å². The third-order valence-electron chi connectivity index (χ3n) is 8.51. The molecule has 8 heteroatoms. The molecular weight excluding hydrogens is 673 g/mol. The molecule has 4 amide bonds. The zero-order valence-electron chi connectivity index (χ0n) is 32.0. The molecule has 0 spiro atoms. The summed E-state index contributed by atoms with van der Waals surface area (Å²) in [6.45, 7) is 12.8. The molecule has 5 rings (SSSR count). The Balaban J connectivity index is 1.40. The highest BCUT2D eigenvalue weighted by Crippen LogP contribution is 2.28. The first-order chi connectivity index (χ1) is 25.7. The van der Waals surface area contributed by atoms with Gasteiger partial charge >= 0.3 is 12.1 Å². The predicted molar refractivity (Wildman–Crippen MR) is 220 cm³/mol. The Hall–Kier alpha value is -6.64. The highest BCUT2D eigenvalue weighted by atomic mass is 16.5. The number of nitrogens with one attached hydrogen (secondary N) is 4. The Morgan fingerprint density at radius 1 is 0.481 bits per heavy atom. The molecule has 0 radical (unpaired) electrons. The lowest BCUT2D eigenvalue weighted by atomic mass is 9.86. The Morgan fingerprint density at radius 2 is 0.870 bits per heavy atom. The van der Waals surface area contributed by atoms with Crippen LogP contribution in [0.15, 0.2) is 109 Å². The molecule has 0 aliphatic rings. The Labute approximate surface area is 318 Å². The summed E-state index contributed by atoms with van der Waals surface area (Å²) in [5, 5.41) is 11.6. The zero-order valence-corrected chi connectivity index (χ0v) is 32.0. The van der Waals surface area contributed by atoms with Crippen LogP contribution in [0.3, 0.4) is 0 Å². The van der Waals surface area contributed by atoms with Crippen LogP contribution >= 0.6 is 0 Å². The van der Waals surface area contributed by atoms with E-state index >= 15 is 0 Å². The summed E-state index contributed by atoms with van der Waals surface area (Å²) >= 11 is 0. The fourth-order valence-electron chi connectivity index (χ4n) is 5.32. The van der Waals surface area contributed by atoms with Gasteiger partial charge in [-0.2, -0.15) is 0 Å². The van der Waals surface area contributed by atoms with Crippen LogP contribution in [0.4, 0.5) is 32.3 Å². The fourth-order valence-corrected chi connectivity index (χ4v) is 5.32. The third kappa shape index (κ3) is 10.7. The van der Waals surface area contributed by atoms with Crippen LogP contribution in [0.25, 0.3) is 0 Å². The van der Waals surface area contributed by atoms with Crippen molar-refractivity contribution in [2.45, 2.75) is 52.4 Å². The molecule has 54 heavy (non-hydrogen) atoms. The molecule has 0 aliphatic heterocycles. The summed E-state index contributed by atoms with van der Waals surface area (Å²) < 4.78 is 10.4. The van der Waals surface area contributed by atoms with E-state index in [2.05, 4.69) is 86.5 Å². The molecule has 274 valence electrons. The van der Waals surface area contributed by atoms with Gasteiger partial charge in [0.15, 0.2) is 0 Å². The summed E-state index contributed by atoms with van der Waals surface area (Å²) in [6, 6.07) is 33.0. The highest BCUT2D eigenvalue weighted by Gasteiger charge is 2.17. The van der Waals surface area contributed by atoms with Crippen molar-refractivity contribution in [3.8, 4) is 35.2 Å². The first-order valence-corrected chi connectivity index (χ1v) is 17.6. The van der Waals surface area contributed by atoms with Crippen LogP contribution in [0.2, 0.25) is 0 Å². The number of ether oxygens (including phenoxy) is 2. The van der Waals surface area contributed by atoms with Crippen molar-refractivity contribution in [3.63, 3.8) is 0 Å². The van der Waals surface area contributed by atoms with E-state index in [1.165, 1.54) is 0 Å². The molecule has 0 heterocycles. The van der Waals surface area contributed by atoms with Crippen LogP contribution in [-0.4, -0.2) is 26.3 Å². The molecule has 0 fully saturated rings. The average Bonchev–Trinajstić information content (AvgIpc) is 3.14. The lowest BCUT2D eigenvalue weighted by Gasteiger charge is -2.20. The number of carbonyl (C=O) groups is 2. The van der Waals surface area contributed by atoms with Gasteiger partial charge in [-0.3, -0.25) is 0 Å². The standard InChI is InChI=1S/C46H46N4O4/c1-45(2,3)35-16-26-41(49-43(51)47-37-18-22-39(53-7)23-19-37)33(29-35)14-12-31-10-9-11-32(28-31)13-15-34-30-36(46(4,5)6)17-27-42(34)50-44(52)48-38-20-24-40(54-8)25-21-38/h9-11,16-30H,1-8H3,(H2,47,49,51)(H2,48,50,52). The number of methoxy groups -OCH3 is 2. The van der Waals surface area contributed by atoms with E-state index in [0.717, 1.165) is 22.3 Å². The Bertz CT molecular complexity index is 2100. The largest absolute Gasteiger partial charge is 0.497 e. The second-order valence-electron chi connectivity index (χ2n) is 14.7. The average molecular weight is 719 g/mol. The Morgan fingerprint density at radius 3 is 1.22 bits per heavy atom. The summed E-state index contributed by atoms with van der Waals surface area (Å²) in [5.41, 5.74) is 7.28. The maximum absolute atomic E-state index is 13.0. The number of anilines is 4. The maximum Gasteiger partial charge on any atom is 0.323 e. The fraction of sp³-hybridized carbons (Fsp3) is 0.217. The number of rotatable bonds is 6. The van der Waals surface area contributed by atoms with Crippen molar-refractivity contribution < 1.29 is 19.1 Å². The zero-order chi connectivity index (χ0) is 38.9. The molecule has 0 unspecified atom stereocenters. The van der Waals surface area contributed by atoms with E-state index in [0.29, 0.717) is 45.4 Å². The van der Waals surface area contributed by atoms with Crippen molar-refractivity contribution in [2.24, 2.45) is 0 Å². The van der Waals surface area contributed by atoms with Crippen LogP contribution < -0.4 is 30.7 Å². The number of amides is 4. The number of urea groups is 2. The summed E-state index contributed by atoms with van der Waals surface area (Å²) in [6.07, 6.45) is 0. The predicted octanol–water partition coefficient (Wildman–Crippen LogP) is 10.4. The second-order valence-corrected chi connectivity index (χ2v) is 14.7. The van der Waals surface area contributed by atoms with E-state index in [-0.39, 0.29) is 22.9 Å². The van der Waals surface area contributed by atoms with Gasteiger partial charge in [-0.05, 0) is 113 Å². The van der Waals surface area contributed by atoms with Crippen LogP contribution in [0.1, 0.15) is 74.9 Å². The van der Waals surface area contributed by atoms with Crippen molar-refractivity contribution >= 4 is 34.8 Å². The monoisotopic (exact) mass is 718 g/mol. The first kappa shape index (κ1) is 38.6. The molecule has 5 aromatic carbocycles. The van der Waals surface area contributed by atoms with Gasteiger partial charge in [0, 0.05) is 33.6 Å². The quantitative estimate of drug-likeness (QED) is 0.131. The van der Waals surface area contributed by atoms with Crippen molar-refractivity contribution in [1.29, 1.82) is 0 Å². The van der Waals surface area contributed by atoms with Gasteiger partial charge in [-0.1, -0.05) is 83.4 Å². The number of hydrogen-bond acceptors (Lipinski definition) is 4. The van der Waals surface area contributed by atoms with Gasteiger partial charge in [-0.25, -0.2) is 9.59 Å². The number of carbonyl (C=O) groups excluding carboxylic acids is 2. The molecule has 0 saturated carbocycles. The van der Waals surface area contributed by atoms with E-state index in [1.54, 1.807) is 62.8 Å². The van der Waals surface area contributed by atoms with Crippen LogP contribution in [-0.2, 0) is 10.8 Å². The summed E-state index contributed by atoms with van der Waals surface area (Å²) in [4.78, 5) is 26.0. The van der Waals surface area contributed by atoms with E-state index < -0.39 is 0 Å². The maximum atomic E-state index is 13.0. The minimum atomic E-state index is -0.383. The molecule has 5 aromatic rings. The van der Waals surface area contributed by atoms with Gasteiger partial charge in [0.1, 0.15) is 11.5 Å². The van der Waals surface area contributed by atoms with Gasteiger partial charge < -0.3 is 30.7 Å². The smallest absolute Gasteiger partial charge is 0.323 e. The molecule has 8 nitrogen and oxygen atoms in total. The SMILES string of the molecule is COc1ccc(NC(=O)Nc2ccc(C(C)(C)C)cc2C#Cc2cccc(C#Cc3cc(C(C)(C)C)ccc3NC(=O)Nc3ccc(OC)cc3)c2)cc1. The van der Waals surface area contributed by atoms with Crippen molar-refractivity contribution in [2.75, 3.05) is 35.5 Å². The van der Waals surface area contributed by atoms with E-state index in [1.807, 2.05) is 60.7 Å². The molecule has 0 saturated heterocycles. The Kier molecular flexibility index (Phi) is 12.0. The highest BCUT2D eigenvalue weighted by molar-refractivity contribution is 6.01.